The summed E-state index contributed by atoms with van der Waals surface area (Å²) in [6, 6.07) is 16.2. The molecular formula is C25H27F3N4O4. The van der Waals surface area contributed by atoms with E-state index >= 15 is 0 Å². The van der Waals surface area contributed by atoms with Gasteiger partial charge in [0.25, 0.3) is 0 Å². The van der Waals surface area contributed by atoms with Crippen molar-refractivity contribution in [2.24, 2.45) is 0 Å². The zero-order chi connectivity index (χ0) is 26.1. The van der Waals surface area contributed by atoms with Crippen LogP contribution in [0.4, 0.5) is 13.2 Å². The van der Waals surface area contributed by atoms with Crippen molar-refractivity contribution in [2.45, 2.75) is 68.9 Å². The number of aliphatic carboxylic acids is 1. The van der Waals surface area contributed by atoms with Crippen LogP contribution in [0.5, 0.6) is 5.88 Å². The largest absolute Gasteiger partial charge is 0.490 e. The van der Waals surface area contributed by atoms with Gasteiger partial charge in [-0.3, -0.25) is 10.1 Å². The lowest BCUT2D eigenvalue weighted by Crippen LogP contribution is -2.47. The quantitative estimate of drug-likeness (QED) is 0.564. The van der Waals surface area contributed by atoms with Crippen molar-refractivity contribution in [1.29, 1.82) is 5.26 Å². The smallest absolute Gasteiger partial charge is 0.475 e. The van der Waals surface area contributed by atoms with E-state index in [4.69, 9.17) is 19.9 Å². The molecule has 1 saturated heterocycles. The Balaban J connectivity index is 0.000000454. The van der Waals surface area contributed by atoms with Crippen LogP contribution in [-0.2, 0) is 9.59 Å². The molecule has 1 amide bonds. The number of nitrogens with zero attached hydrogens (tertiary/aromatic N) is 2. The molecule has 0 unspecified atom stereocenters. The van der Waals surface area contributed by atoms with Crippen LogP contribution >= 0.6 is 0 Å². The molecule has 2 aromatic rings. The van der Waals surface area contributed by atoms with Gasteiger partial charge in [-0.1, -0.05) is 30.3 Å². The molecule has 3 N–H and O–H groups in total. The number of nitriles is 1. The second-order valence-electron chi connectivity index (χ2n) is 8.63. The summed E-state index contributed by atoms with van der Waals surface area (Å²) in [5.41, 5.74) is 1.70. The third-order valence-corrected chi connectivity index (χ3v) is 6.10. The second-order valence-corrected chi connectivity index (χ2v) is 8.63. The average molecular weight is 505 g/mol. The number of carboxylic acids is 1. The first kappa shape index (κ1) is 26.9. The number of amides is 1. The van der Waals surface area contributed by atoms with Crippen LogP contribution in [0.1, 0.15) is 55.7 Å². The number of aromatic nitrogens is 1. The molecule has 0 radical (unpaired) electrons. The van der Waals surface area contributed by atoms with Gasteiger partial charge < -0.3 is 15.2 Å². The standard InChI is InChI=1S/C23H26N4O2.C2HF3O2/c24-15-17-7-4-14-25-23(17)29-19-10-8-18(9-11-19)26-22(28)21-13-12-20(27-21)16-5-2-1-3-6-16;3-2(4,5)1(6)7/h1-7,14,18-21,27H,8-13H2,(H,26,28);(H,6,7)/t18?,19?,20-,21+;/m0./s1. The summed E-state index contributed by atoms with van der Waals surface area (Å²) in [6.07, 6.45) is 1.87. The Labute approximate surface area is 206 Å². The van der Waals surface area contributed by atoms with Crippen molar-refractivity contribution in [1.82, 2.24) is 15.6 Å². The molecule has 0 bridgehead atoms. The molecule has 1 aromatic heterocycles. The predicted molar refractivity (Wildman–Crippen MR) is 123 cm³/mol. The number of hydrogen-bond donors (Lipinski definition) is 3. The fraction of sp³-hybridized carbons (Fsp3) is 0.440. The number of ether oxygens (including phenoxy) is 1. The fourth-order valence-corrected chi connectivity index (χ4v) is 4.25. The minimum atomic E-state index is -5.08. The van der Waals surface area contributed by atoms with Crippen LogP contribution in [0.15, 0.2) is 48.7 Å². The van der Waals surface area contributed by atoms with Gasteiger partial charge in [0.15, 0.2) is 0 Å². The normalized spacial score (nSPS) is 23.5. The molecule has 4 rings (SSSR count). The number of nitrogens with one attached hydrogen (secondary N) is 2. The fourth-order valence-electron chi connectivity index (χ4n) is 4.25. The Morgan fingerprint density at radius 2 is 1.72 bits per heavy atom. The zero-order valence-electron chi connectivity index (χ0n) is 19.4. The van der Waals surface area contributed by atoms with Gasteiger partial charge >= 0.3 is 12.1 Å². The van der Waals surface area contributed by atoms with Crippen molar-refractivity contribution in [2.75, 3.05) is 0 Å². The van der Waals surface area contributed by atoms with E-state index in [0.29, 0.717) is 11.4 Å². The molecule has 1 aromatic carbocycles. The summed E-state index contributed by atoms with van der Waals surface area (Å²) in [4.78, 5) is 25.8. The van der Waals surface area contributed by atoms with Crippen LogP contribution in [0, 0.1) is 11.3 Å². The maximum Gasteiger partial charge on any atom is 0.490 e. The Hall–Kier alpha value is -3.65. The summed E-state index contributed by atoms with van der Waals surface area (Å²) < 4.78 is 37.7. The van der Waals surface area contributed by atoms with Crippen molar-refractivity contribution in [3.05, 3.63) is 59.8 Å². The van der Waals surface area contributed by atoms with Crippen LogP contribution in [0.25, 0.3) is 0 Å². The van der Waals surface area contributed by atoms with Crippen LogP contribution in [0.2, 0.25) is 0 Å². The van der Waals surface area contributed by atoms with Gasteiger partial charge in [-0.15, -0.1) is 0 Å². The molecule has 1 aliphatic heterocycles. The topological polar surface area (TPSA) is 124 Å². The number of pyridine rings is 1. The highest BCUT2D eigenvalue weighted by Gasteiger charge is 2.38. The molecule has 1 aliphatic carbocycles. The van der Waals surface area contributed by atoms with Crippen molar-refractivity contribution in [3.8, 4) is 11.9 Å². The van der Waals surface area contributed by atoms with Crippen molar-refractivity contribution < 1.29 is 32.6 Å². The summed E-state index contributed by atoms with van der Waals surface area (Å²) in [5.74, 6) is -2.25. The number of carbonyl (C=O) groups is 2. The lowest BCUT2D eigenvalue weighted by molar-refractivity contribution is -0.192. The van der Waals surface area contributed by atoms with Crippen LogP contribution in [0.3, 0.4) is 0 Å². The Kier molecular flexibility index (Phi) is 9.25. The van der Waals surface area contributed by atoms with Crippen LogP contribution < -0.4 is 15.4 Å². The molecule has 2 aliphatic rings. The number of rotatable bonds is 5. The average Bonchev–Trinajstić information content (AvgIpc) is 3.37. The molecule has 1 saturated carbocycles. The highest BCUT2D eigenvalue weighted by atomic mass is 19.4. The maximum atomic E-state index is 12.7. The molecule has 11 heteroatoms. The van der Waals surface area contributed by atoms with Crippen LogP contribution in [-0.4, -0.2) is 46.3 Å². The second kappa shape index (κ2) is 12.4. The summed E-state index contributed by atoms with van der Waals surface area (Å²) in [5, 5.41) is 23.0. The number of halogens is 3. The molecule has 2 heterocycles. The van der Waals surface area contributed by atoms with Gasteiger partial charge in [0.2, 0.25) is 11.8 Å². The third kappa shape index (κ3) is 7.68. The van der Waals surface area contributed by atoms with Gasteiger partial charge in [-0.25, -0.2) is 9.78 Å². The van der Waals surface area contributed by atoms with E-state index in [1.54, 1.807) is 18.3 Å². The first-order chi connectivity index (χ1) is 17.2. The summed E-state index contributed by atoms with van der Waals surface area (Å²) in [7, 11) is 0. The van der Waals surface area contributed by atoms with E-state index in [2.05, 4.69) is 33.8 Å². The predicted octanol–water partition coefficient (Wildman–Crippen LogP) is 3.89. The molecule has 2 fully saturated rings. The maximum absolute atomic E-state index is 12.7. The lowest BCUT2D eigenvalue weighted by atomic mass is 9.92. The Morgan fingerprint density at radius 3 is 2.33 bits per heavy atom. The number of carboxylic acid groups (broad SMARTS) is 1. The number of hydrogen-bond acceptors (Lipinski definition) is 6. The van der Waals surface area contributed by atoms with Gasteiger partial charge in [0.05, 0.1) is 6.04 Å². The number of benzene rings is 1. The number of alkyl halides is 3. The molecule has 192 valence electrons. The molecule has 8 nitrogen and oxygen atoms in total. The van der Waals surface area contributed by atoms with Crippen molar-refractivity contribution >= 4 is 11.9 Å². The summed E-state index contributed by atoms with van der Waals surface area (Å²) >= 11 is 0. The lowest BCUT2D eigenvalue weighted by Gasteiger charge is -2.30. The highest BCUT2D eigenvalue weighted by Crippen LogP contribution is 2.28. The minimum absolute atomic E-state index is 0.0391. The van der Waals surface area contributed by atoms with E-state index in [0.717, 1.165) is 38.5 Å². The molecule has 2 atom stereocenters. The summed E-state index contributed by atoms with van der Waals surface area (Å²) in [6.45, 7) is 0. The molecular weight excluding hydrogens is 477 g/mol. The van der Waals surface area contributed by atoms with Gasteiger partial charge in [-0.2, -0.15) is 18.4 Å². The number of carbonyl (C=O) groups excluding carboxylic acids is 1. The van der Waals surface area contributed by atoms with Gasteiger partial charge in [0, 0.05) is 18.3 Å². The first-order valence-electron chi connectivity index (χ1n) is 11.6. The zero-order valence-corrected chi connectivity index (χ0v) is 19.4. The highest BCUT2D eigenvalue weighted by molar-refractivity contribution is 5.82. The minimum Gasteiger partial charge on any atom is -0.475 e. The molecule has 36 heavy (non-hydrogen) atoms. The van der Waals surface area contributed by atoms with Gasteiger partial charge in [-0.05, 0) is 56.2 Å². The first-order valence-corrected chi connectivity index (χ1v) is 11.6. The third-order valence-electron chi connectivity index (χ3n) is 6.10. The van der Waals surface area contributed by atoms with E-state index in [-0.39, 0.29) is 30.1 Å². The van der Waals surface area contributed by atoms with Gasteiger partial charge in [0.1, 0.15) is 17.7 Å². The van der Waals surface area contributed by atoms with E-state index in [1.807, 2.05) is 18.2 Å². The monoisotopic (exact) mass is 504 g/mol. The Morgan fingerprint density at radius 1 is 1.06 bits per heavy atom. The molecule has 0 spiro atoms. The van der Waals surface area contributed by atoms with E-state index < -0.39 is 12.1 Å². The van der Waals surface area contributed by atoms with E-state index in [9.17, 15) is 18.0 Å². The Bertz CT molecular complexity index is 1070. The van der Waals surface area contributed by atoms with E-state index in [1.165, 1.54) is 5.56 Å². The van der Waals surface area contributed by atoms with Crippen molar-refractivity contribution in [3.63, 3.8) is 0 Å². The SMILES string of the molecule is N#Cc1cccnc1OC1CCC(NC(=O)[C@H]2CC[C@@H](c3ccccc3)N2)CC1.O=C(O)C(F)(F)F.